The first kappa shape index (κ1) is 13.4. The number of carbonyl (C=O) groups is 1. The van der Waals surface area contributed by atoms with E-state index in [1.165, 1.54) is 25.9 Å². The minimum absolute atomic E-state index is 0.0552. The zero-order valence-corrected chi connectivity index (χ0v) is 10.7. The number of nitrogens with zero attached hydrogens (tertiary/aromatic N) is 1. The van der Waals surface area contributed by atoms with Crippen LogP contribution in [0.5, 0.6) is 0 Å². The summed E-state index contributed by atoms with van der Waals surface area (Å²) < 4.78 is 0. The number of carbonyl (C=O) groups excluding carboxylic acids is 1. The summed E-state index contributed by atoms with van der Waals surface area (Å²) in [5, 5.41) is 2.85. The summed E-state index contributed by atoms with van der Waals surface area (Å²) in [5.74, 6) is 0.696. The summed E-state index contributed by atoms with van der Waals surface area (Å²) in [7, 11) is 2.15. The van der Waals surface area contributed by atoms with Crippen molar-refractivity contribution in [3.05, 3.63) is 0 Å². The fourth-order valence-corrected chi connectivity index (χ4v) is 2.12. The number of rotatable bonds is 5. The molecule has 5 heteroatoms. The van der Waals surface area contributed by atoms with E-state index in [1.807, 2.05) is 0 Å². The minimum Gasteiger partial charge on any atom is -0.393 e. The van der Waals surface area contributed by atoms with Crippen molar-refractivity contribution in [3.63, 3.8) is 0 Å². The average Bonchev–Trinajstić information content (AvgIpc) is 2.20. The zero-order chi connectivity index (χ0) is 12.0. The van der Waals surface area contributed by atoms with Gasteiger partial charge in [-0.05, 0) is 45.3 Å². The van der Waals surface area contributed by atoms with E-state index in [0.717, 1.165) is 18.9 Å². The van der Waals surface area contributed by atoms with Crippen molar-refractivity contribution in [3.8, 4) is 0 Å². The van der Waals surface area contributed by atoms with Crippen LogP contribution in [0.4, 0.5) is 0 Å². The van der Waals surface area contributed by atoms with Crippen molar-refractivity contribution in [1.29, 1.82) is 0 Å². The molecule has 0 unspecified atom stereocenters. The number of thiocarbonyl (C=S) groups is 1. The maximum Gasteiger partial charge on any atom is 0.226 e. The van der Waals surface area contributed by atoms with Crippen molar-refractivity contribution in [2.75, 3.05) is 26.7 Å². The van der Waals surface area contributed by atoms with Gasteiger partial charge in [0.05, 0.1) is 11.4 Å². The number of likely N-dealkylation sites (tertiary alicyclic amines) is 1. The molecule has 0 aromatic rings. The Labute approximate surface area is 103 Å². The smallest absolute Gasteiger partial charge is 0.226 e. The van der Waals surface area contributed by atoms with Crippen LogP contribution in [0.15, 0.2) is 0 Å². The monoisotopic (exact) mass is 243 g/mol. The van der Waals surface area contributed by atoms with Crippen molar-refractivity contribution in [2.45, 2.75) is 25.7 Å². The molecule has 3 N–H and O–H groups in total. The van der Waals surface area contributed by atoms with E-state index in [1.54, 1.807) is 0 Å². The van der Waals surface area contributed by atoms with E-state index in [4.69, 9.17) is 5.73 Å². The Morgan fingerprint density at radius 1 is 1.50 bits per heavy atom. The van der Waals surface area contributed by atoms with Crippen molar-refractivity contribution >= 4 is 23.1 Å². The summed E-state index contributed by atoms with van der Waals surface area (Å²) in [6, 6.07) is 0. The van der Waals surface area contributed by atoms with Gasteiger partial charge < -0.3 is 16.0 Å². The molecule has 0 saturated carbocycles. The van der Waals surface area contributed by atoms with Gasteiger partial charge in [-0.2, -0.15) is 0 Å². The topological polar surface area (TPSA) is 58.4 Å². The summed E-state index contributed by atoms with van der Waals surface area (Å²) in [5.41, 5.74) is 5.29. The van der Waals surface area contributed by atoms with Crippen molar-refractivity contribution in [1.82, 2.24) is 10.2 Å². The van der Waals surface area contributed by atoms with Gasteiger partial charge in [-0.1, -0.05) is 12.2 Å². The third-order valence-electron chi connectivity index (χ3n) is 3.05. The van der Waals surface area contributed by atoms with Gasteiger partial charge in [0.25, 0.3) is 0 Å². The Morgan fingerprint density at radius 3 is 2.69 bits per heavy atom. The summed E-state index contributed by atoms with van der Waals surface area (Å²) >= 11 is 4.67. The van der Waals surface area contributed by atoms with Gasteiger partial charge in [0.1, 0.15) is 0 Å². The van der Waals surface area contributed by atoms with Gasteiger partial charge in [-0.25, -0.2) is 0 Å². The Hall–Kier alpha value is -0.680. The second kappa shape index (κ2) is 6.81. The van der Waals surface area contributed by atoms with Crippen molar-refractivity contribution in [2.24, 2.45) is 11.7 Å². The first-order valence-electron chi connectivity index (χ1n) is 5.81. The molecule has 0 aromatic carbocycles. The fraction of sp³-hybridized carbons (Fsp3) is 0.818. The maximum absolute atomic E-state index is 11.3. The first-order chi connectivity index (χ1) is 7.58. The predicted molar refractivity (Wildman–Crippen MR) is 69.3 cm³/mol. The van der Waals surface area contributed by atoms with Crippen LogP contribution in [0, 0.1) is 5.92 Å². The highest BCUT2D eigenvalue weighted by atomic mass is 32.1. The molecule has 1 rings (SSSR count). The van der Waals surface area contributed by atoms with E-state index in [-0.39, 0.29) is 17.3 Å². The van der Waals surface area contributed by atoms with E-state index < -0.39 is 0 Å². The lowest BCUT2D eigenvalue weighted by molar-refractivity contribution is -0.119. The fourth-order valence-electron chi connectivity index (χ4n) is 1.99. The lowest BCUT2D eigenvalue weighted by Crippen LogP contribution is -2.33. The second-order valence-corrected chi connectivity index (χ2v) is 5.05. The molecule has 1 aliphatic heterocycles. The lowest BCUT2D eigenvalue weighted by atomic mass is 9.94. The standard InChI is InChI=1S/C11H21N3OS/c1-14-6-3-9(4-7-14)2-5-13-11(15)8-10(12)16/h9H,2-8H2,1H3,(H2,12,16)(H,13,15). The summed E-state index contributed by atoms with van der Waals surface area (Å²) in [6.07, 6.45) is 3.71. The van der Waals surface area contributed by atoms with E-state index in [0.29, 0.717) is 0 Å². The number of amides is 1. The lowest BCUT2D eigenvalue weighted by Gasteiger charge is -2.28. The molecule has 1 amide bonds. The molecule has 0 radical (unpaired) electrons. The van der Waals surface area contributed by atoms with Crippen LogP contribution in [0.1, 0.15) is 25.7 Å². The second-order valence-electron chi connectivity index (χ2n) is 4.53. The summed E-state index contributed by atoms with van der Waals surface area (Å²) in [4.78, 5) is 13.9. The Bertz CT molecular complexity index is 250. The summed E-state index contributed by atoms with van der Waals surface area (Å²) in [6.45, 7) is 3.09. The van der Waals surface area contributed by atoms with E-state index in [9.17, 15) is 4.79 Å². The Morgan fingerprint density at radius 2 is 2.12 bits per heavy atom. The molecule has 0 spiro atoms. The molecular weight excluding hydrogens is 222 g/mol. The number of hydrogen-bond acceptors (Lipinski definition) is 3. The van der Waals surface area contributed by atoms with Crippen LogP contribution in [-0.4, -0.2) is 42.5 Å². The molecule has 0 aliphatic carbocycles. The molecule has 1 aliphatic rings. The number of piperidine rings is 1. The van der Waals surface area contributed by atoms with Gasteiger partial charge >= 0.3 is 0 Å². The van der Waals surface area contributed by atoms with Crippen LogP contribution < -0.4 is 11.1 Å². The predicted octanol–water partition coefficient (Wildman–Crippen LogP) is 0.511. The molecule has 0 aromatic heterocycles. The molecule has 1 fully saturated rings. The number of nitrogens with one attached hydrogen (secondary N) is 1. The number of hydrogen-bond donors (Lipinski definition) is 2. The zero-order valence-electron chi connectivity index (χ0n) is 9.87. The van der Waals surface area contributed by atoms with Gasteiger partial charge in [0.2, 0.25) is 5.91 Å². The minimum atomic E-state index is -0.0552. The molecule has 92 valence electrons. The molecule has 0 bridgehead atoms. The van der Waals surface area contributed by atoms with E-state index >= 15 is 0 Å². The highest BCUT2D eigenvalue weighted by Gasteiger charge is 2.16. The highest BCUT2D eigenvalue weighted by molar-refractivity contribution is 7.80. The van der Waals surface area contributed by atoms with Gasteiger partial charge in [-0.3, -0.25) is 4.79 Å². The molecule has 1 heterocycles. The van der Waals surface area contributed by atoms with Gasteiger partial charge in [0.15, 0.2) is 0 Å². The third-order valence-corrected chi connectivity index (χ3v) is 3.19. The normalized spacial score (nSPS) is 18.3. The van der Waals surface area contributed by atoms with Crippen LogP contribution in [-0.2, 0) is 4.79 Å². The SMILES string of the molecule is CN1CCC(CCNC(=O)CC(N)=S)CC1. The first-order valence-corrected chi connectivity index (χ1v) is 6.22. The molecule has 4 nitrogen and oxygen atoms in total. The third kappa shape index (κ3) is 5.42. The van der Waals surface area contributed by atoms with Crippen LogP contribution in [0.2, 0.25) is 0 Å². The number of nitrogens with two attached hydrogens (primary N) is 1. The van der Waals surface area contributed by atoms with Gasteiger partial charge in [0, 0.05) is 6.54 Å². The Kier molecular flexibility index (Phi) is 5.69. The average molecular weight is 243 g/mol. The van der Waals surface area contributed by atoms with Crippen LogP contribution >= 0.6 is 12.2 Å². The largest absolute Gasteiger partial charge is 0.393 e. The highest BCUT2D eigenvalue weighted by Crippen LogP contribution is 2.18. The molecule has 0 atom stereocenters. The quantitative estimate of drug-likeness (QED) is 0.691. The van der Waals surface area contributed by atoms with Crippen LogP contribution in [0.25, 0.3) is 0 Å². The maximum atomic E-state index is 11.3. The van der Waals surface area contributed by atoms with Crippen molar-refractivity contribution < 1.29 is 4.79 Å². The molecule has 16 heavy (non-hydrogen) atoms. The van der Waals surface area contributed by atoms with Gasteiger partial charge in [-0.15, -0.1) is 0 Å². The Balaban J connectivity index is 2.07. The molecule has 1 saturated heterocycles. The van der Waals surface area contributed by atoms with Crippen LogP contribution in [0.3, 0.4) is 0 Å². The molecular formula is C11H21N3OS. The van der Waals surface area contributed by atoms with E-state index in [2.05, 4.69) is 29.5 Å².